The first kappa shape index (κ1) is 22.9. The fourth-order valence-corrected chi connectivity index (χ4v) is 4.68. The molecule has 0 bridgehead atoms. The highest BCUT2D eigenvalue weighted by atomic mass is 19.1. The molecule has 0 aromatic heterocycles. The Balaban J connectivity index is 1.47. The number of benzene rings is 2. The van der Waals surface area contributed by atoms with Gasteiger partial charge in [0.15, 0.2) is 0 Å². The molecule has 2 heterocycles. The number of hydrogen-bond acceptors (Lipinski definition) is 4. The van der Waals surface area contributed by atoms with Crippen molar-refractivity contribution in [1.29, 1.82) is 0 Å². The van der Waals surface area contributed by atoms with Gasteiger partial charge in [-0.1, -0.05) is 12.1 Å². The zero-order valence-corrected chi connectivity index (χ0v) is 18.4. The van der Waals surface area contributed by atoms with Crippen molar-refractivity contribution in [2.24, 2.45) is 5.92 Å². The van der Waals surface area contributed by atoms with Crippen LogP contribution in [0.5, 0.6) is 5.75 Å². The Bertz CT molecular complexity index is 1060. The van der Waals surface area contributed by atoms with Gasteiger partial charge in [0.25, 0.3) is 0 Å². The third-order valence-electron chi connectivity index (χ3n) is 6.54. The van der Waals surface area contributed by atoms with E-state index in [2.05, 4.69) is 0 Å². The molecule has 2 aromatic rings. The number of carbonyl (C=O) groups excluding carboxylic acids is 3. The van der Waals surface area contributed by atoms with E-state index in [0.717, 1.165) is 17.7 Å². The normalized spacial score (nSPS) is 23.2. The molecule has 0 N–H and O–H groups in total. The molecule has 2 atom stereocenters. The molecule has 174 valence electrons. The SMILES string of the molecule is CN1C(=O)CC(CC(=O)N2CCCC(COc3ccc(F)cc3)C2)(c2cccc(F)c2)C1=O. The molecule has 8 heteroatoms. The number of piperidine rings is 1. The van der Waals surface area contributed by atoms with Gasteiger partial charge in [-0.25, -0.2) is 8.78 Å². The van der Waals surface area contributed by atoms with E-state index in [4.69, 9.17) is 4.74 Å². The van der Waals surface area contributed by atoms with E-state index in [-0.39, 0.29) is 36.4 Å². The lowest BCUT2D eigenvalue weighted by Gasteiger charge is -2.35. The molecule has 0 aliphatic carbocycles. The second-order valence-electron chi connectivity index (χ2n) is 8.82. The monoisotopic (exact) mass is 456 g/mol. The Morgan fingerprint density at radius 2 is 1.88 bits per heavy atom. The topological polar surface area (TPSA) is 66.9 Å². The van der Waals surface area contributed by atoms with Crippen LogP contribution in [-0.4, -0.2) is 54.3 Å². The van der Waals surface area contributed by atoms with E-state index in [1.807, 2.05) is 0 Å². The summed E-state index contributed by atoms with van der Waals surface area (Å²) in [6.45, 7) is 1.38. The van der Waals surface area contributed by atoms with Crippen LogP contribution in [0.3, 0.4) is 0 Å². The molecule has 4 rings (SSSR count). The predicted octanol–water partition coefficient (Wildman–Crippen LogP) is 3.30. The van der Waals surface area contributed by atoms with Crippen LogP contribution in [0.4, 0.5) is 8.78 Å². The van der Waals surface area contributed by atoms with Gasteiger partial charge in [-0.3, -0.25) is 19.3 Å². The highest BCUT2D eigenvalue weighted by Gasteiger charge is 2.53. The zero-order valence-electron chi connectivity index (χ0n) is 18.4. The molecule has 2 aliphatic heterocycles. The Labute approximate surface area is 191 Å². The van der Waals surface area contributed by atoms with E-state index in [1.165, 1.54) is 37.4 Å². The van der Waals surface area contributed by atoms with Crippen LogP contribution in [0, 0.1) is 17.6 Å². The van der Waals surface area contributed by atoms with Crippen molar-refractivity contribution in [3.8, 4) is 5.75 Å². The minimum absolute atomic E-state index is 0.0847. The average Bonchev–Trinajstić information content (AvgIpc) is 3.03. The first-order valence-corrected chi connectivity index (χ1v) is 11.0. The molecule has 3 amide bonds. The molecule has 2 aromatic carbocycles. The van der Waals surface area contributed by atoms with Crippen LogP contribution in [0.25, 0.3) is 0 Å². The fourth-order valence-electron chi connectivity index (χ4n) is 4.68. The van der Waals surface area contributed by atoms with Gasteiger partial charge in [-0.15, -0.1) is 0 Å². The van der Waals surface area contributed by atoms with Crippen LogP contribution in [0.15, 0.2) is 48.5 Å². The summed E-state index contributed by atoms with van der Waals surface area (Å²) < 4.78 is 32.8. The lowest BCUT2D eigenvalue weighted by Crippen LogP contribution is -2.46. The first-order valence-electron chi connectivity index (χ1n) is 11.0. The Kier molecular flexibility index (Phi) is 6.44. The largest absolute Gasteiger partial charge is 0.493 e. The molecule has 2 fully saturated rings. The summed E-state index contributed by atoms with van der Waals surface area (Å²) in [6.07, 6.45) is 1.29. The minimum Gasteiger partial charge on any atom is -0.493 e. The molecule has 2 unspecified atom stereocenters. The summed E-state index contributed by atoms with van der Waals surface area (Å²) in [6, 6.07) is 11.3. The van der Waals surface area contributed by atoms with Gasteiger partial charge < -0.3 is 9.64 Å². The zero-order chi connectivity index (χ0) is 23.6. The van der Waals surface area contributed by atoms with E-state index in [9.17, 15) is 23.2 Å². The molecular weight excluding hydrogens is 430 g/mol. The lowest BCUT2D eigenvalue weighted by atomic mass is 9.75. The molecule has 0 radical (unpaired) electrons. The van der Waals surface area contributed by atoms with Gasteiger partial charge >= 0.3 is 0 Å². The van der Waals surface area contributed by atoms with Gasteiger partial charge in [0, 0.05) is 38.9 Å². The number of likely N-dealkylation sites (tertiary alicyclic amines) is 2. The van der Waals surface area contributed by atoms with E-state index >= 15 is 0 Å². The van der Waals surface area contributed by atoms with Gasteiger partial charge in [0.05, 0.1) is 12.0 Å². The van der Waals surface area contributed by atoms with Crippen molar-refractivity contribution < 1.29 is 27.9 Å². The quantitative estimate of drug-likeness (QED) is 0.626. The molecule has 6 nitrogen and oxygen atoms in total. The number of likely N-dealkylation sites (N-methyl/N-ethyl adjacent to an activating group) is 1. The number of ether oxygens (including phenoxy) is 1. The number of amides is 3. The summed E-state index contributed by atoms with van der Waals surface area (Å²) >= 11 is 0. The minimum atomic E-state index is -1.40. The fraction of sp³-hybridized carbons (Fsp3) is 0.400. The number of nitrogens with zero attached hydrogens (tertiary/aromatic N) is 2. The van der Waals surface area contributed by atoms with Crippen molar-refractivity contribution in [3.63, 3.8) is 0 Å². The van der Waals surface area contributed by atoms with Crippen LogP contribution in [-0.2, 0) is 19.8 Å². The molecule has 0 spiro atoms. The summed E-state index contributed by atoms with van der Waals surface area (Å²) in [5, 5.41) is 0. The van der Waals surface area contributed by atoms with Crippen molar-refractivity contribution in [2.45, 2.75) is 31.1 Å². The summed E-state index contributed by atoms with van der Waals surface area (Å²) in [5.41, 5.74) is -1.06. The van der Waals surface area contributed by atoms with E-state index < -0.39 is 17.1 Å². The lowest BCUT2D eigenvalue weighted by molar-refractivity contribution is -0.142. The van der Waals surface area contributed by atoms with E-state index in [0.29, 0.717) is 31.0 Å². The van der Waals surface area contributed by atoms with Crippen LogP contribution in [0.1, 0.15) is 31.2 Å². The summed E-state index contributed by atoms with van der Waals surface area (Å²) in [7, 11) is 1.39. The summed E-state index contributed by atoms with van der Waals surface area (Å²) in [4.78, 5) is 41.5. The number of carbonyl (C=O) groups is 3. The van der Waals surface area contributed by atoms with E-state index in [1.54, 1.807) is 23.1 Å². The van der Waals surface area contributed by atoms with Crippen molar-refractivity contribution in [1.82, 2.24) is 9.80 Å². The average molecular weight is 456 g/mol. The number of hydrogen-bond donors (Lipinski definition) is 0. The van der Waals surface area contributed by atoms with Crippen molar-refractivity contribution in [3.05, 3.63) is 65.7 Å². The molecule has 2 saturated heterocycles. The highest BCUT2D eigenvalue weighted by molar-refractivity contribution is 6.10. The third-order valence-corrected chi connectivity index (χ3v) is 6.54. The number of rotatable bonds is 6. The predicted molar refractivity (Wildman–Crippen MR) is 116 cm³/mol. The standard InChI is InChI=1S/C25H26F2N2O4/c1-28-22(30)13-25(24(28)32,18-5-2-6-20(27)12-18)14-23(31)29-11-3-4-17(15-29)16-33-21-9-7-19(26)8-10-21/h2,5-10,12,17H,3-4,11,13-16H2,1H3. The van der Waals surface area contributed by atoms with Gasteiger partial charge in [0.2, 0.25) is 17.7 Å². The third kappa shape index (κ3) is 4.74. The smallest absolute Gasteiger partial charge is 0.240 e. The molecular formula is C25H26F2N2O4. The second-order valence-corrected chi connectivity index (χ2v) is 8.82. The van der Waals surface area contributed by atoms with Crippen molar-refractivity contribution in [2.75, 3.05) is 26.7 Å². The van der Waals surface area contributed by atoms with Crippen LogP contribution in [0.2, 0.25) is 0 Å². The molecule has 2 aliphatic rings. The summed E-state index contributed by atoms with van der Waals surface area (Å²) in [5.74, 6) is -1.34. The Morgan fingerprint density at radius 3 is 2.55 bits per heavy atom. The maximum atomic E-state index is 14.0. The maximum Gasteiger partial charge on any atom is 0.240 e. The van der Waals surface area contributed by atoms with Crippen LogP contribution < -0.4 is 4.74 Å². The highest BCUT2D eigenvalue weighted by Crippen LogP contribution is 2.40. The number of halogens is 2. The first-order chi connectivity index (χ1) is 15.8. The second kappa shape index (κ2) is 9.29. The van der Waals surface area contributed by atoms with Gasteiger partial charge in [0.1, 0.15) is 17.4 Å². The van der Waals surface area contributed by atoms with Gasteiger partial charge in [-0.05, 0) is 54.8 Å². The number of imide groups is 1. The van der Waals surface area contributed by atoms with Gasteiger partial charge in [-0.2, -0.15) is 0 Å². The van der Waals surface area contributed by atoms with Crippen LogP contribution >= 0.6 is 0 Å². The maximum absolute atomic E-state index is 14.0. The Morgan fingerprint density at radius 1 is 1.12 bits per heavy atom. The Hall–Kier alpha value is -3.29. The van der Waals surface area contributed by atoms with Crippen molar-refractivity contribution >= 4 is 17.7 Å². The molecule has 33 heavy (non-hydrogen) atoms. The molecule has 0 saturated carbocycles.